The lowest BCUT2D eigenvalue weighted by molar-refractivity contribution is -0.137. The van der Waals surface area contributed by atoms with Crippen molar-refractivity contribution in [2.45, 2.75) is 13.1 Å². The fourth-order valence-corrected chi connectivity index (χ4v) is 1.30. The summed E-state index contributed by atoms with van der Waals surface area (Å²) in [6, 6.07) is 3.22. The molecule has 0 bridgehead atoms. The van der Waals surface area contributed by atoms with Gasteiger partial charge in [-0.25, -0.2) is 0 Å². The number of nitriles is 1. The molecule has 0 saturated carbocycles. The second-order valence-electron chi connectivity index (χ2n) is 3.19. The normalized spacial score (nSPS) is 10.9. The molecule has 0 aliphatic rings. The van der Waals surface area contributed by atoms with E-state index in [4.69, 9.17) is 11.0 Å². The summed E-state index contributed by atoms with van der Waals surface area (Å²) in [4.78, 5) is 10.8. The Morgan fingerprint density at radius 2 is 2.00 bits per heavy atom. The van der Waals surface area contributed by atoms with Crippen LogP contribution in [0.4, 0.5) is 13.2 Å². The quantitative estimate of drug-likeness (QED) is 0.798. The third kappa shape index (κ3) is 2.14. The fourth-order valence-electron chi connectivity index (χ4n) is 1.30. The predicted molar refractivity (Wildman–Crippen MR) is 49.4 cm³/mol. The van der Waals surface area contributed by atoms with Gasteiger partial charge >= 0.3 is 6.18 Å². The number of primary amides is 1. The van der Waals surface area contributed by atoms with Crippen molar-refractivity contribution in [3.8, 4) is 6.07 Å². The molecule has 0 aliphatic carbocycles. The van der Waals surface area contributed by atoms with Gasteiger partial charge in [0.2, 0.25) is 5.91 Å². The first-order valence-corrected chi connectivity index (χ1v) is 4.19. The van der Waals surface area contributed by atoms with E-state index in [1.807, 2.05) is 0 Å². The first-order chi connectivity index (χ1) is 7.27. The number of hydrogen-bond acceptors (Lipinski definition) is 2. The van der Waals surface area contributed by atoms with E-state index in [2.05, 4.69) is 0 Å². The number of halogens is 3. The van der Waals surface area contributed by atoms with Gasteiger partial charge in [-0.2, -0.15) is 18.4 Å². The molecular formula is C10H7F3N2O. The second kappa shape index (κ2) is 3.85. The highest BCUT2D eigenvalue weighted by molar-refractivity contribution is 5.93. The summed E-state index contributed by atoms with van der Waals surface area (Å²) in [5, 5.41) is 8.63. The average Bonchev–Trinajstić information content (AvgIpc) is 2.14. The molecule has 0 aromatic heterocycles. The van der Waals surface area contributed by atoms with E-state index in [0.717, 1.165) is 6.07 Å². The highest BCUT2D eigenvalue weighted by Crippen LogP contribution is 2.33. The van der Waals surface area contributed by atoms with Crippen molar-refractivity contribution in [2.24, 2.45) is 5.73 Å². The molecule has 0 heterocycles. The van der Waals surface area contributed by atoms with Crippen LogP contribution in [0.1, 0.15) is 27.0 Å². The van der Waals surface area contributed by atoms with E-state index in [1.54, 1.807) is 0 Å². The molecule has 0 aliphatic heterocycles. The minimum Gasteiger partial charge on any atom is -0.366 e. The number of nitrogens with two attached hydrogens (primary N) is 1. The van der Waals surface area contributed by atoms with Gasteiger partial charge in [-0.15, -0.1) is 0 Å². The summed E-state index contributed by atoms with van der Waals surface area (Å²) in [7, 11) is 0. The van der Waals surface area contributed by atoms with Crippen LogP contribution in [0.5, 0.6) is 0 Å². The summed E-state index contributed by atoms with van der Waals surface area (Å²) >= 11 is 0. The fraction of sp³-hybridized carbons (Fsp3) is 0.200. The Morgan fingerprint density at radius 1 is 1.44 bits per heavy atom. The van der Waals surface area contributed by atoms with Gasteiger partial charge in [0.1, 0.15) is 6.07 Å². The first kappa shape index (κ1) is 12.0. The lowest BCUT2D eigenvalue weighted by Gasteiger charge is -2.11. The maximum atomic E-state index is 12.6. The van der Waals surface area contributed by atoms with E-state index in [1.165, 1.54) is 13.0 Å². The Bertz CT molecular complexity index is 486. The van der Waals surface area contributed by atoms with Crippen LogP contribution < -0.4 is 5.73 Å². The highest BCUT2D eigenvalue weighted by Gasteiger charge is 2.35. The van der Waals surface area contributed by atoms with Crippen molar-refractivity contribution < 1.29 is 18.0 Å². The van der Waals surface area contributed by atoms with Gasteiger partial charge in [0.05, 0.1) is 11.1 Å². The molecule has 3 nitrogen and oxygen atoms in total. The molecule has 6 heteroatoms. The van der Waals surface area contributed by atoms with Crippen LogP contribution >= 0.6 is 0 Å². The summed E-state index contributed by atoms with van der Waals surface area (Å²) in [6.07, 6.45) is -4.68. The lowest BCUT2D eigenvalue weighted by atomic mass is 9.98. The van der Waals surface area contributed by atoms with Crippen molar-refractivity contribution in [1.29, 1.82) is 5.26 Å². The first-order valence-electron chi connectivity index (χ1n) is 4.19. The van der Waals surface area contributed by atoms with Gasteiger partial charge in [-0.05, 0) is 24.6 Å². The largest absolute Gasteiger partial charge is 0.417 e. The minimum absolute atomic E-state index is 0.0751. The Balaban J connectivity index is 3.57. The van der Waals surface area contributed by atoms with Crippen LogP contribution in [0.2, 0.25) is 0 Å². The van der Waals surface area contributed by atoms with Crippen LogP contribution in [0.25, 0.3) is 0 Å². The van der Waals surface area contributed by atoms with E-state index in [9.17, 15) is 18.0 Å². The van der Waals surface area contributed by atoms with Gasteiger partial charge in [-0.1, -0.05) is 0 Å². The van der Waals surface area contributed by atoms with Crippen molar-refractivity contribution in [2.75, 3.05) is 0 Å². The molecule has 84 valence electrons. The molecule has 0 fully saturated rings. The van der Waals surface area contributed by atoms with Crippen molar-refractivity contribution in [1.82, 2.24) is 0 Å². The van der Waals surface area contributed by atoms with Gasteiger partial charge in [-0.3, -0.25) is 4.79 Å². The molecule has 0 saturated heterocycles. The predicted octanol–water partition coefficient (Wildman–Crippen LogP) is 1.98. The molecule has 1 rings (SSSR count). The van der Waals surface area contributed by atoms with Gasteiger partial charge in [0.25, 0.3) is 0 Å². The van der Waals surface area contributed by atoms with Crippen LogP contribution in [-0.2, 0) is 6.18 Å². The minimum atomic E-state index is -4.68. The number of nitrogens with zero attached hydrogens (tertiary/aromatic N) is 1. The maximum Gasteiger partial charge on any atom is 0.417 e. The van der Waals surface area contributed by atoms with Gasteiger partial charge in [0, 0.05) is 5.56 Å². The zero-order valence-corrected chi connectivity index (χ0v) is 8.22. The molecule has 0 atom stereocenters. The Morgan fingerprint density at radius 3 is 2.38 bits per heavy atom. The molecule has 2 N–H and O–H groups in total. The Kier molecular flexibility index (Phi) is 2.90. The van der Waals surface area contributed by atoms with E-state index in [-0.39, 0.29) is 11.1 Å². The molecule has 0 unspecified atom stereocenters. The van der Waals surface area contributed by atoms with Gasteiger partial charge in [0.15, 0.2) is 0 Å². The number of hydrogen-bond donors (Lipinski definition) is 1. The van der Waals surface area contributed by atoms with Crippen molar-refractivity contribution in [3.63, 3.8) is 0 Å². The van der Waals surface area contributed by atoms with Crippen molar-refractivity contribution in [3.05, 3.63) is 34.4 Å². The monoisotopic (exact) mass is 228 g/mol. The van der Waals surface area contributed by atoms with Crippen molar-refractivity contribution >= 4 is 5.91 Å². The molecular weight excluding hydrogens is 221 g/mol. The zero-order chi connectivity index (χ0) is 12.5. The van der Waals surface area contributed by atoms with E-state index >= 15 is 0 Å². The third-order valence-electron chi connectivity index (χ3n) is 2.04. The smallest absolute Gasteiger partial charge is 0.366 e. The van der Waals surface area contributed by atoms with Crippen LogP contribution in [-0.4, -0.2) is 5.91 Å². The van der Waals surface area contributed by atoms with E-state index in [0.29, 0.717) is 6.07 Å². The number of carbonyl (C=O) groups is 1. The molecule has 0 spiro atoms. The zero-order valence-electron chi connectivity index (χ0n) is 8.22. The van der Waals surface area contributed by atoms with Crippen LogP contribution in [0.15, 0.2) is 12.1 Å². The topological polar surface area (TPSA) is 66.9 Å². The summed E-state index contributed by atoms with van der Waals surface area (Å²) in [5.41, 5.74) is 3.09. The maximum absolute atomic E-state index is 12.6. The SMILES string of the molecule is Cc1cc(C(N)=O)cc(C(F)(F)F)c1C#N. The molecule has 16 heavy (non-hydrogen) atoms. The number of aryl methyl sites for hydroxylation is 1. The highest BCUT2D eigenvalue weighted by atomic mass is 19.4. The number of benzene rings is 1. The second-order valence-corrected chi connectivity index (χ2v) is 3.19. The van der Waals surface area contributed by atoms with Crippen LogP contribution in [0, 0.1) is 18.3 Å². The molecule has 0 radical (unpaired) electrons. The molecule has 1 aromatic carbocycles. The number of carbonyl (C=O) groups excluding carboxylic acids is 1. The van der Waals surface area contributed by atoms with Crippen LogP contribution in [0.3, 0.4) is 0 Å². The lowest BCUT2D eigenvalue weighted by Crippen LogP contribution is -2.15. The van der Waals surface area contributed by atoms with Gasteiger partial charge < -0.3 is 5.73 Å². The molecule has 1 aromatic rings. The summed E-state index contributed by atoms with van der Waals surface area (Å²) in [5.74, 6) is -0.960. The summed E-state index contributed by atoms with van der Waals surface area (Å²) < 4.78 is 37.7. The Labute approximate surface area is 89.3 Å². The molecule has 1 amide bonds. The number of rotatable bonds is 1. The summed E-state index contributed by atoms with van der Waals surface area (Å²) in [6.45, 7) is 1.32. The Hall–Kier alpha value is -2.03. The standard InChI is InChI=1S/C10H7F3N2O/c1-5-2-6(9(15)16)3-8(7(5)4-14)10(11,12)13/h2-3H,1H3,(H2,15,16). The van der Waals surface area contributed by atoms with E-state index < -0.39 is 23.2 Å². The number of amides is 1. The third-order valence-corrected chi connectivity index (χ3v) is 2.04. The average molecular weight is 228 g/mol. The number of alkyl halides is 3.